The molecule has 1 N–H and O–H groups in total. The van der Waals surface area contributed by atoms with Crippen LogP contribution >= 0.6 is 0 Å². The zero-order valence-corrected chi connectivity index (χ0v) is 17.8. The molecule has 9 heteroatoms. The number of hydrogen-bond acceptors (Lipinski definition) is 5. The molecule has 3 rings (SSSR count). The Bertz CT molecular complexity index is 1040. The number of nitrogens with one attached hydrogen (secondary N) is 1. The zero-order valence-electron chi connectivity index (χ0n) is 17.0. The first-order chi connectivity index (χ1) is 14.4. The second-order valence-electron chi connectivity index (χ2n) is 6.86. The van der Waals surface area contributed by atoms with Crippen molar-refractivity contribution in [2.75, 3.05) is 42.1 Å². The van der Waals surface area contributed by atoms with Crippen molar-refractivity contribution < 1.29 is 22.7 Å². The van der Waals surface area contributed by atoms with E-state index in [9.17, 15) is 18.0 Å². The van der Waals surface area contributed by atoms with Crippen molar-refractivity contribution in [3.8, 4) is 5.75 Å². The summed E-state index contributed by atoms with van der Waals surface area (Å²) in [6, 6.07) is 13.5. The van der Waals surface area contributed by atoms with E-state index in [0.29, 0.717) is 42.2 Å². The van der Waals surface area contributed by atoms with Crippen LogP contribution in [0.5, 0.6) is 5.75 Å². The highest BCUT2D eigenvalue weighted by Gasteiger charge is 2.29. The fourth-order valence-corrected chi connectivity index (χ4v) is 4.90. The average molecular weight is 432 g/mol. The molecule has 1 saturated heterocycles. The van der Waals surface area contributed by atoms with Crippen molar-refractivity contribution in [1.82, 2.24) is 4.90 Å². The summed E-state index contributed by atoms with van der Waals surface area (Å²) in [5, 5.41) is 2.75. The zero-order chi connectivity index (χ0) is 21.7. The fourth-order valence-electron chi connectivity index (χ4n) is 3.34. The molecule has 1 aliphatic rings. The second kappa shape index (κ2) is 9.17. The number of carbonyl (C=O) groups excluding carboxylic acids is 2. The molecule has 160 valence electrons. The highest BCUT2D eigenvalue weighted by molar-refractivity contribution is 7.93. The Kier molecular flexibility index (Phi) is 6.61. The number of carbonyl (C=O) groups is 2. The number of amides is 2. The average Bonchev–Trinajstić information content (AvgIpc) is 3.11. The molecule has 8 nitrogen and oxygen atoms in total. The number of anilines is 2. The summed E-state index contributed by atoms with van der Waals surface area (Å²) in [6.45, 7) is 2.37. The van der Waals surface area contributed by atoms with Crippen LogP contribution in [0.15, 0.2) is 48.5 Å². The number of benzene rings is 2. The number of para-hydroxylation sites is 2. The summed E-state index contributed by atoms with van der Waals surface area (Å²) < 4.78 is 30.9. The first kappa shape index (κ1) is 21.6. The van der Waals surface area contributed by atoms with Crippen LogP contribution in [0.2, 0.25) is 0 Å². The minimum atomic E-state index is -3.34. The van der Waals surface area contributed by atoms with Crippen molar-refractivity contribution in [2.24, 2.45) is 0 Å². The molecule has 0 spiro atoms. The van der Waals surface area contributed by atoms with E-state index in [-0.39, 0.29) is 24.1 Å². The molecule has 0 aliphatic carbocycles. The van der Waals surface area contributed by atoms with Gasteiger partial charge in [-0.3, -0.25) is 13.9 Å². The molecule has 1 fully saturated rings. The van der Waals surface area contributed by atoms with Crippen LogP contribution in [-0.4, -0.2) is 57.6 Å². The van der Waals surface area contributed by atoms with Gasteiger partial charge in [-0.15, -0.1) is 0 Å². The predicted molar refractivity (Wildman–Crippen MR) is 115 cm³/mol. The monoisotopic (exact) mass is 431 g/mol. The molecule has 0 unspecified atom stereocenters. The Balaban J connectivity index is 1.73. The predicted octanol–water partition coefficient (Wildman–Crippen LogP) is 2.34. The third-order valence-electron chi connectivity index (χ3n) is 4.86. The van der Waals surface area contributed by atoms with Gasteiger partial charge in [-0.1, -0.05) is 18.2 Å². The quantitative estimate of drug-likeness (QED) is 0.726. The minimum Gasteiger partial charge on any atom is -0.495 e. The highest BCUT2D eigenvalue weighted by Crippen LogP contribution is 2.25. The lowest BCUT2D eigenvalue weighted by Crippen LogP contribution is -2.38. The number of likely N-dealkylation sites (N-methyl/N-ethyl adjacent to an activating group) is 1. The van der Waals surface area contributed by atoms with Crippen molar-refractivity contribution in [3.63, 3.8) is 0 Å². The summed E-state index contributed by atoms with van der Waals surface area (Å²) in [5.41, 5.74) is 1.32. The third kappa shape index (κ3) is 4.73. The van der Waals surface area contributed by atoms with E-state index in [0.717, 1.165) is 0 Å². The largest absolute Gasteiger partial charge is 0.495 e. The molecule has 0 bridgehead atoms. The Morgan fingerprint density at radius 1 is 1.17 bits per heavy atom. The number of rotatable bonds is 7. The van der Waals surface area contributed by atoms with Crippen LogP contribution in [0.1, 0.15) is 23.7 Å². The van der Waals surface area contributed by atoms with Crippen LogP contribution in [0.25, 0.3) is 0 Å². The molecular formula is C21H25N3O5S. The van der Waals surface area contributed by atoms with E-state index in [2.05, 4.69) is 5.32 Å². The number of nitrogens with zero attached hydrogens (tertiary/aromatic N) is 2. The van der Waals surface area contributed by atoms with Crippen LogP contribution in [0, 0.1) is 0 Å². The lowest BCUT2D eigenvalue weighted by atomic mass is 10.1. The van der Waals surface area contributed by atoms with Gasteiger partial charge in [-0.05, 0) is 43.7 Å². The summed E-state index contributed by atoms with van der Waals surface area (Å²) in [5.74, 6) is -0.0612. The van der Waals surface area contributed by atoms with Gasteiger partial charge in [0, 0.05) is 18.7 Å². The second-order valence-corrected chi connectivity index (χ2v) is 8.87. The Morgan fingerprint density at radius 2 is 1.93 bits per heavy atom. The molecule has 0 radical (unpaired) electrons. The van der Waals surface area contributed by atoms with Gasteiger partial charge in [-0.2, -0.15) is 0 Å². The van der Waals surface area contributed by atoms with E-state index in [4.69, 9.17) is 4.74 Å². The maximum absolute atomic E-state index is 13.0. The molecule has 0 aromatic heterocycles. The van der Waals surface area contributed by atoms with E-state index >= 15 is 0 Å². The van der Waals surface area contributed by atoms with Gasteiger partial charge in [-0.25, -0.2) is 8.42 Å². The molecule has 0 atom stereocenters. The van der Waals surface area contributed by atoms with Gasteiger partial charge < -0.3 is 15.0 Å². The SMILES string of the molecule is CCN(CC(=O)Nc1ccccc1OC)C(=O)c1cccc(N2CCCS2(=O)=O)c1. The minimum absolute atomic E-state index is 0.107. The van der Waals surface area contributed by atoms with Gasteiger partial charge in [0.15, 0.2) is 0 Å². The molecule has 2 aromatic rings. The highest BCUT2D eigenvalue weighted by atomic mass is 32.2. The first-order valence-electron chi connectivity index (χ1n) is 9.68. The van der Waals surface area contributed by atoms with Crippen LogP contribution in [0.3, 0.4) is 0 Å². The molecule has 0 saturated carbocycles. The summed E-state index contributed by atoms with van der Waals surface area (Å²) in [6.07, 6.45) is 0.560. The standard InChI is InChI=1S/C21H25N3O5S/c1-3-23(15-20(25)22-18-10-4-5-11-19(18)29-2)21(26)16-8-6-9-17(14-16)24-12-7-13-30(24,27)28/h4-6,8-11,14H,3,7,12-13,15H2,1-2H3,(H,22,25). The third-order valence-corrected chi connectivity index (χ3v) is 6.73. The Morgan fingerprint density at radius 3 is 2.60 bits per heavy atom. The van der Waals surface area contributed by atoms with E-state index in [1.807, 2.05) is 0 Å². The van der Waals surface area contributed by atoms with E-state index in [1.165, 1.54) is 16.3 Å². The fraction of sp³-hybridized carbons (Fsp3) is 0.333. The van der Waals surface area contributed by atoms with Crippen LogP contribution in [-0.2, 0) is 14.8 Å². The molecule has 1 aliphatic heterocycles. The Hall–Kier alpha value is -3.07. The number of ether oxygens (including phenoxy) is 1. The molecule has 30 heavy (non-hydrogen) atoms. The van der Waals surface area contributed by atoms with Gasteiger partial charge in [0.25, 0.3) is 5.91 Å². The lowest BCUT2D eigenvalue weighted by molar-refractivity contribution is -0.116. The van der Waals surface area contributed by atoms with Crippen molar-refractivity contribution in [1.29, 1.82) is 0 Å². The van der Waals surface area contributed by atoms with Gasteiger partial charge in [0.1, 0.15) is 12.3 Å². The van der Waals surface area contributed by atoms with Crippen molar-refractivity contribution in [2.45, 2.75) is 13.3 Å². The van der Waals surface area contributed by atoms with Gasteiger partial charge in [0.2, 0.25) is 15.9 Å². The van der Waals surface area contributed by atoms with Crippen LogP contribution < -0.4 is 14.4 Å². The summed E-state index contributed by atoms with van der Waals surface area (Å²) in [4.78, 5) is 26.9. The molecule has 2 aromatic carbocycles. The van der Waals surface area contributed by atoms with Crippen LogP contribution in [0.4, 0.5) is 11.4 Å². The number of hydrogen-bond donors (Lipinski definition) is 1. The molecule has 2 amide bonds. The van der Waals surface area contributed by atoms with Gasteiger partial charge >= 0.3 is 0 Å². The van der Waals surface area contributed by atoms with E-state index in [1.54, 1.807) is 55.5 Å². The molecular weight excluding hydrogens is 406 g/mol. The topological polar surface area (TPSA) is 96.0 Å². The molecule has 1 heterocycles. The van der Waals surface area contributed by atoms with Gasteiger partial charge in [0.05, 0.1) is 24.2 Å². The smallest absolute Gasteiger partial charge is 0.254 e. The van der Waals surface area contributed by atoms with E-state index < -0.39 is 10.0 Å². The number of sulfonamides is 1. The van der Waals surface area contributed by atoms with Crippen molar-refractivity contribution in [3.05, 3.63) is 54.1 Å². The lowest BCUT2D eigenvalue weighted by Gasteiger charge is -2.22. The normalized spacial score (nSPS) is 14.9. The number of methoxy groups -OCH3 is 1. The van der Waals surface area contributed by atoms with Crippen molar-refractivity contribution >= 4 is 33.2 Å². The first-order valence-corrected chi connectivity index (χ1v) is 11.3. The Labute approximate surface area is 176 Å². The summed E-state index contributed by atoms with van der Waals surface area (Å²) >= 11 is 0. The maximum atomic E-state index is 13.0. The maximum Gasteiger partial charge on any atom is 0.254 e. The summed E-state index contributed by atoms with van der Waals surface area (Å²) in [7, 11) is -1.82.